The lowest BCUT2D eigenvalue weighted by atomic mass is 10.0. The highest BCUT2D eigenvalue weighted by Gasteiger charge is 2.30. The highest BCUT2D eigenvalue weighted by Crippen LogP contribution is 2.40. The second-order valence-corrected chi connectivity index (χ2v) is 8.77. The third kappa shape index (κ3) is 4.08. The third-order valence-corrected chi connectivity index (χ3v) is 6.57. The molecule has 0 saturated carbocycles. The van der Waals surface area contributed by atoms with Gasteiger partial charge in [0.2, 0.25) is 0 Å². The van der Waals surface area contributed by atoms with Crippen molar-refractivity contribution in [3.63, 3.8) is 0 Å². The van der Waals surface area contributed by atoms with Gasteiger partial charge in [0.05, 0.1) is 37.8 Å². The topological polar surface area (TPSA) is 53.6 Å². The van der Waals surface area contributed by atoms with Gasteiger partial charge >= 0.3 is 0 Å². The van der Waals surface area contributed by atoms with E-state index in [0.717, 1.165) is 58.1 Å². The molecule has 6 rings (SSSR count). The lowest BCUT2D eigenvalue weighted by Crippen LogP contribution is -2.13. The fraction of sp³-hybridized carbons (Fsp3) is 0.214. The standard InChI is InChI=1S/C28H25FN4O2/c1-34-24-10-2-19(3-11-24)17-35-18-23-9-13-26-31-27(20-4-7-22(29)8-5-20)28(33(23)26)21-6-12-25-30-14-15-32(25)16-21/h2-8,10-12,14-16,23H,9,13,17-18H2,1H3. The number of ether oxygens (including phenoxy) is 2. The SMILES string of the molecule is COc1ccc(COCC2CCc3nc(-c4ccc(F)cc4)c(-c4ccc5nccn5c4)n32)cc1. The van der Waals surface area contributed by atoms with Crippen molar-refractivity contribution in [2.24, 2.45) is 0 Å². The van der Waals surface area contributed by atoms with Crippen LogP contribution in [0.3, 0.4) is 0 Å². The van der Waals surface area contributed by atoms with Crippen LogP contribution in [0.2, 0.25) is 0 Å². The molecule has 5 aromatic rings. The molecule has 4 heterocycles. The molecule has 0 N–H and O–H groups in total. The monoisotopic (exact) mass is 468 g/mol. The number of aryl methyl sites for hydroxylation is 1. The van der Waals surface area contributed by atoms with Crippen LogP contribution in [0, 0.1) is 5.82 Å². The van der Waals surface area contributed by atoms with E-state index in [1.165, 1.54) is 12.1 Å². The summed E-state index contributed by atoms with van der Waals surface area (Å²) in [5.41, 5.74) is 5.81. The predicted octanol–water partition coefficient (Wildman–Crippen LogP) is 5.72. The van der Waals surface area contributed by atoms with Crippen LogP contribution in [0.5, 0.6) is 5.75 Å². The molecule has 1 unspecified atom stereocenters. The first-order valence-corrected chi connectivity index (χ1v) is 11.7. The van der Waals surface area contributed by atoms with E-state index >= 15 is 0 Å². The number of aromatic nitrogens is 4. The number of fused-ring (bicyclic) bond motifs is 2. The van der Waals surface area contributed by atoms with Gasteiger partial charge in [-0.3, -0.25) is 0 Å². The summed E-state index contributed by atoms with van der Waals surface area (Å²) in [7, 11) is 1.66. The largest absolute Gasteiger partial charge is 0.497 e. The number of pyridine rings is 1. The smallest absolute Gasteiger partial charge is 0.136 e. The summed E-state index contributed by atoms with van der Waals surface area (Å²) in [5.74, 6) is 1.61. The van der Waals surface area contributed by atoms with E-state index in [-0.39, 0.29) is 11.9 Å². The molecule has 7 heteroatoms. The van der Waals surface area contributed by atoms with E-state index in [9.17, 15) is 4.39 Å². The Balaban J connectivity index is 1.34. The van der Waals surface area contributed by atoms with Crippen LogP contribution in [0.1, 0.15) is 23.9 Å². The van der Waals surface area contributed by atoms with E-state index in [0.29, 0.717) is 13.2 Å². The van der Waals surface area contributed by atoms with Crippen LogP contribution in [0.15, 0.2) is 79.3 Å². The maximum Gasteiger partial charge on any atom is 0.136 e. The molecule has 0 amide bonds. The van der Waals surface area contributed by atoms with Gasteiger partial charge in [-0.1, -0.05) is 12.1 Å². The molecule has 0 bridgehead atoms. The van der Waals surface area contributed by atoms with Crippen molar-refractivity contribution in [2.45, 2.75) is 25.5 Å². The first-order valence-electron chi connectivity index (χ1n) is 11.7. The Kier molecular flexibility index (Phi) is 5.54. The Hall–Kier alpha value is -3.97. The molecule has 0 spiro atoms. The number of hydrogen-bond acceptors (Lipinski definition) is 4. The summed E-state index contributed by atoms with van der Waals surface area (Å²) in [6.45, 7) is 1.12. The van der Waals surface area contributed by atoms with Gasteiger partial charge < -0.3 is 18.4 Å². The van der Waals surface area contributed by atoms with Crippen LogP contribution in [0.4, 0.5) is 4.39 Å². The average Bonchev–Trinajstić information content (AvgIpc) is 3.60. The number of imidazole rings is 2. The zero-order valence-corrected chi connectivity index (χ0v) is 19.4. The fourth-order valence-corrected chi connectivity index (χ4v) is 4.81. The quantitative estimate of drug-likeness (QED) is 0.307. The second kappa shape index (κ2) is 9.00. The molecule has 0 saturated heterocycles. The third-order valence-electron chi connectivity index (χ3n) is 6.57. The first kappa shape index (κ1) is 21.6. The van der Waals surface area contributed by atoms with Crippen LogP contribution < -0.4 is 4.74 Å². The molecular formula is C28H25FN4O2. The lowest BCUT2D eigenvalue weighted by Gasteiger charge is -2.18. The van der Waals surface area contributed by atoms with Crippen molar-refractivity contribution >= 4 is 5.65 Å². The molecule has 2 aromatic carbocycles. The number of rotatable bonds is 7. The molecule has 3 aromatic heterocycles. The van der Waals surface area contributed by atoms with E-state index in [1.54, 1.807) is 25.4 Å². The van der Waals surface area contributed by atoms with E-state index in [1.807, 2.05) is 40.9 Å². The maximum absolute atomic E-state index is 13.7. The summed E-state index contributed by atoms with van der Waals surface area (Å²) in [4.78, 5) is 9.39. The Morgan fingerprint density at radius 1 is 1.00 bits per heavy atom. The summed E-state index contributed by atoms with van der Waals surface area (Å²) in [6.07, 6.45) is 7.64. The Bertz CT molecular complexity index is 1470. The molecule has 176 valence electrons. The Morgan fingerprint density at radius 3 is 2.60 bits per heavy atom. The number of hydrogen-bond donors (Lipinski definition) is 0. The van der Waals surface area contributed by atoms with Crippen molar-refractivity contribution in [1.29, 1.82) is 0 Å². The molecule has 6 nitrogen and oxygen atoms in total. The number of nitrogens with zero attached hydrogens (tertiary/aromatic N) is 4. The van der Waals surface area contributed by atoms with Crippen LogP contribution in [-0.4, -0.2) is 32.7 Å². The number of methoxy groups -OCH3 is 1. The summed E-state index contributed by atoms with van der Waals surface area (Å²) < 4.78 is 29.4. The van der Waals surface area contributed by atoms with Crippen molar-refractivity contribution in [3.8, 4) is 28.3 Å². The highest BCUT2D eigenvalue weighted by molar-refractivity contribution is 5.79. The summed E-state index contributed by atoms with van der Waals surface area (Å²) in [5, 5.41) is 0. The van der Waals surface area contributed by atoms with E-state index in [4.69, 9.17) is 14.5 Å². The van der Waals surface area contributed by atoms with Gasteiger partial charge in [0.1, 0.15) is 23.0 Å². The molecule has 0 fully saturated rings. The molecule has 35 heavy (non-hydrogen) atoms. The van der Waals surface area contributed by atoms with Gasteiger partial charge in [-0.2, -0.15) is 0 Å². The number of halogens is 1. The molecule has 1 atom stereocenters. The van der Waals surface area contributed by atoms with Crippen LogP contribution >= 0.6 is 0 Å². The Morgan fingerprint density at radius 2 is 1.80 bits per heavy atom. The molecule has 0 radical (unpaired) electrons. The van der Waals surface area contributed by atoms with Crippen molar-refractivity contribution in [3.05, 3.63) is 96.5 Å². The van der Waals surface area contributed by atoms with Gasteiger partial charge in [0.15, 0.2) is 0 Å². The second-order valence-electron chi connectivity index (χ2n) is 8.77. The minimum Gasteiger partial charge on any atom is -0.497 e. The van der Waals surface area contributed by atoms with Crippen molar-refractivity contribution < 1.29 is 13.9 Å². The van der Waals surface area contributed by atoms with E-state index in [2.05, 4.69) is 21.8 Å². The average molecular weight is 469 g/mol. The lowest BCUT2D eigenvalue weighted by molar-refractivity contribution is 0.0925. The molecular weight excluding hydrogens is 443 g/mol. The molecule has 1 aliphatic rings. The predicted molar refractivity (Wildman–Crippen MR) is 132 cm³/mol. The van der Waals surface area contributed by atoms with Crippen LogP contribution in [-0.2, 0) is 17.8 Å². The minimum absolute atomic E-state index is 0.165. The number of benzene rings is 2. The normalized spacial score (nSPS) is 15.0. The fourth-order valence-electron chi connectivity index (χ4n) is 4.81. The van der Waals surface area contributed by atoms with Gasteiger partial charge in [-0.25, -0.2) is 14.4 Å². The van der Waals surface area contributed by atoms with Crippen molar-refractivity contribution in [2.75, 3.05) is 13.7 Å². The van der Waals surface area contributed by atoms with Gasteiger partial charge in [0, 0.05) is 36.1 Å². The summed E-state index contributed by atoms with van der Waals surface area (Å²) >= 11 is 0. The van der Waals surface area contributed by atoms with E-state index < -0.39 is 0 Å². The summed E-state index contributed by atoms with van der Waals surface area (Å²) in [6, 6.07) is 18.7. The minimum atomic E-state index is -0.258. The molecule has 0 aliphatic carbocycles. The first-order chi connectivity index (χ1) is 17.2. The van der Waals surface area contributed by atoms with Crippen LogP contribution in [0.25, 0.3) is 28.2 Å². The molecule has 1 aliphatic heterocycles. The van der Waals surface area contributed by atoms with Crippen molar-refractivity contribution in [1.82, 2.24) is 18.9 Å². The van der Waals surface area contributed by atoms with Gasteiger partial charge in [-0.05, 0) is 60.5 Å². The highest BCUT2D eigenvalue weighted by atomic mass is 19.1. The maximum atomic E-state index is 13.7. The Labute approximate surface area is 202 Å². The zero-order valence-electron chi connectivity index (χ0n) is 19.4. The van der Waals surface area contributed by atoms with Gasteiger partial charge in [0.25, 0.3) is 0 Å². The zero-order chi connectivity index (χ0) is 23.8. The van der Waals surface area contributed by atoms with Gasteiger partial charge in [-0.15, -0.1) is 0 Å².